The number of ether oxygens (including phenoxy) is 1. The number of phenols is 1. The number of carbonyl (C=O) groups is 2. The van der Waals surface area contributed by atoms with Crippen molar-refractivity contribution in [2.45, 2.75) is 19.4 Å². The van der Waals surface area contributed by atoms with Gasteiger partial charge in [-0.2, -0.15) is 0 Å². The van der Waals surface area contributed by atoms with E-state index in [0.717, 1.165) is 12.2 Å². The minimum atomic E-state index is -0.152. The molecule has 1 saturated carbocycles. The summed E-state index contributed by atoms with van der Waals surface area (Å²) in [5.74, 6) is 1.34. The zero-order valence-corrected chi connectivity index (χ0v) is 16.8. The zero-order valence-electron chi connectivity index (χ0n) is 16.8. The average Bonchev–Trinajstić information content (AvgIpc) is 3.61. The third kappa shape index (κ3) is 5.20. The molecule has 2 heterocycles. The Labute approximate surface area is 175 Å². The third-order valence-electron chi connectivity index (χ3n) is 5.37. The molecule has 158 valence electrons. The predicted molar refractivity (Wildman–Crippen MR) is 110 cm³/mol. The molecule has 2 N–H and O–H groups in total. The molecule has 0 unspecified atom stereocenters. The minimum Gasteiger partial charge on any atom is -0.508 e. The molecule has 1 aliphatic heterocycles. The van der Waals surface area contributed by atoms with E-state index in [0.29, 0.717) is 50.1 Å². The molecule has 0 atom stereocenters. The van der Waals surface area contributed by atoms with E-state index in [1.54, 1.807) is 28.1 Å². The fourth-order valence-corrected chi connectivity index (χ4v) is 3.28. The van der Waals surface area contributed by atoms with Crippen molar-refractivity contribution < 1.29 is 19.4 Å². The number of nitrogens with one attached hydrogen (secondary N) is 1. The molecule has 1 aliphatic carbocycles. The van der Waals surface area contributed by atoms with E-state index in [1.165, 1.54) is 25.0 Å². The zero-order chi connectivity index (χ0) is 20.9. The fraction of sp³-hybridized carbons (Fsp3) is 0.409. The van der Waals surface area contributed by atoms with Crippen LogP contribution in [0.25, 0.3) is 0 Å². The summed E-state index contributed by atoms with van der Waals surface area (Å²) in [5, 5.41) is 12.3. The molecule has 0 spiro atoms. The molecule has 8 heteroatoms. The molecule has 30 heavy (non-hydrogen) atoms. The number of hydrogen-bond acceptors (Lipinski definition) is 5. The Kier molecular flexibility index (Phi) is 6.02. The van der Waals surface area contributed by atoms with Crippen LogP contribution < -0.4 is 10.1 Å². The first kappa shape index (κ1) is 20.0. The van der Waals surface area contributed by atoms with Gasteiger partial charge in [-0.3, -0.25) is 4.79 Å². The Morgan fingerprint density at radius 2 is 1.73 bits per heavy atom. The lowest BCUT2D eigenvalue weighted by molar-refractivity contribution is 0.0665. The number of benzene rings is 1. The Morgan fingerprint density at radius 1 is 1.03 bits per heavy atom. The van der Waals surface area contributed by atoms with Crippen LogP contribution in [0.2, 0.25) is 0 Å². The molecule has 1 saturated heterocycles. The van der Waals surface area contributed by atoms with Gasteiger partial charge in [0.2, 0.25) is 5.88 Å². The van der Waals surface area contributed by atoms with Gasteiger partial charge in [-0.15, -0.1) is 0 Å². The minimum absolute atomic E-state index is 0.0925. The van der Waals surface area contributed by atoms with Crippen LogP contribution in [0, 0.1) is 5.92 Å². The van der Waals surface area contributed by atoms with Crippen molar-refractivity contribution in [1.82, 2.24) is 20.1 Å². The van der Waals surface area contributed by atoms with E-state index in [-0.39, 0.29) is 17.7 Å². The first-order valence-corrected chi connectivity index (χ1v) is 10.3. The average molecular weight is 410 g/mol. The number of rotatable bonds is 6. The van der Waals surface area contributed by atoms with Crippen LogP contribution in [0.15, 0.2) is 42.6 Å². The molecule has 8 nitrogen and oxygen atoms in total. The summed E-state index contributed by atoms with van der Waals surface area (Å²) in [7, 11) is 0. The van der Waals surface area contributed by atoms with Gasteiger partial charge in [0.15, 0.2) is 0 Å². The van der Waals surface area contributed by atoms with Gasteiger partial charge in [-0.05, 0) is 48.6 Å². The van der Waals surface area contributed by atoms with E-state index in [2.05, 4.69) is 10.3 Å². The van der Waals surface area contributed by atoms with Crippen molar-refractivity contribution in [3.8, 4) is 11.6 Å². The summed E-state index contributed by atoms with van der Waals surface area (Å²) in [4.78, 5) is 32.7. The lowest BCUT2D eigenvalue weighted by Crippen LogP contribution is -2.53. The third-order valence-corrected chi connectivity index (χ3v) is 5.37. The van der Waals surface area contributed by atoms with Crippen molar-refractivity contribution >= 4 is 11.9 Å². The highest BCUT2D eigenvalue weighted by Gasteiger charge is 2.25. The van der Waals surface area contributed by atoms with Crippen molar-refractivity contribution in [2.75, 3.05) is 32.8 Å². The van der Waals surface area contributed by atoms with Crippen LogP contribution in [-0.4, -0.2) is 64.6 Å². The first-order valence-electron chi connectivity index (χ1n) is 10.3. The van der Waals surface area contributed by atoms with E-state index in [1.807, 2.05) is 12.1 Å². The van der Waals surface area contributed by atoms with Gasteiger partial charge in [0.05, 0.1) is 6.61 Å². The first-order chi connectivity index (χ1) is 14.6. The smallest absolute Gasteiger partial charge is 0.317 e. The molecule has 2 aliphatic rings. The monoisotopic (exact) mass is 410 g/mol. The lowest BCUT2D eigenvalue weighted by atomic mass is 10.1. The molecular weight excluding hydrogens is 384 g/mol. The number of phenolic OH excluding ortho intramolecular Hbond substituents is 1. The second kappa shape index (κ2) is 9.02. The summed E-state index contributed by atoms with van der Waals surface area (Å²) in [6.45, 7) is 3.01. The van der Waals surface area contributed by atoms with Gasteiger partial charge >= 0.3 is 6.03 Å². The Balaban J connectivity index is 1.20. The van der Waals surface area contributed by atoms with E-state index in [9.17, 15) is 14.7 Å². The maximum atomic E-state index is 12.5. The summed E-state index contributed by atoms with van der Waals surface area (Å²) in [6.07, 6.45) is 4.20. The normalized spacial score (nSPS) is 16.3. The highest BCUT2D eigenvalue weighted by molar-refractivity contribution is 5.94. The Morgan fingerprint density at radius 3 is 2.37 bits per heavy atom. The summed E-state index contributed by atoms with van der Waals surface area (Å²) < 4.78 is 5.62. The van der Waals surface area contributed by atoms with Gasteiger partial charge in [0.25, 0.3) is 5.91 Å². The number of amides is 3. The SMILES string of the molecule is O=C(NCc1ccc(OCC2CC2)nc1)N1CCN(C(=O)c2ccc(O)cc2)CC1. The standard InChI is InChI=1S/C22H26N4O4/c27-19-6-4-18(5-7-19)21(28)25-9-11-26(12-10-25)22(29)24-14-17-3-8-20(23-13-17)30-15-16-1-2-16/h3-8,13,16,27H,1-2,9-12,14-15H2,(H,24,29). The van der Waals surface area contributed by atoms with E-state index < -0.39 is 0 Å². The predicted octanol–water partition coefficient (Wildman–Crippen LogP) is 2.24. The van der Waals surface area contributed by atoms with Gasteiger partial charge in [0, 0.05) is 50.6 Å². The lowest BCUT2D eigenvalue weighted by Gasteiger charge is -2.34. The van der Waals surface area contributed by atoms with Gasteiger partial charge in [-0.25, -0.2) is 9.78 Å². The molecule has 0 bridgehead atoms. The molecule has 2 fully saturated rings. The fourth-order valence-electron chi connectivity index (χ4n) is 3.28. The Hall–Kier alpha value is -3.29. The van der Waals surface area contributed by atoms with Crippen molar-refractivity contribution in [2.24, 2.45) is 5.92 Å². The number of piperazine rings is 1. The van der Waals surface area contributed by atoms with Crippen molar-refractivity contribution in [1.29, 1.82) is 0 Å². The summed E-state index contributed by atoms with van der Waals surface area (Å²) >= 11 is 0. The highest BCUT2D eigenvalue weighted by Crippen LogP contribution is 2.29. The number of hydrogen-bond donors (Lipinski definition) is 2. The number of urea groups is 1. The molecule has 2 aromatic rings. The number of aromatic hydroxyl groups is 1. The van der Waals surface area contributed by atoms with Crippen LogP contribution in [0.4, 0.5) is 4.79 Å². The quantitative estimate of drug-likeness (QED) is 0.762. The highest BCUT2D eigenvalue weighted by atomic mass is 16.5. The number of carbonyl (C=O) groups excluding carboxylic acids is 2. The summed E-state index contributed by atoms with van der Waals surface area (Å²) in [6, 6.07) is 9.79. The molecular formula is C22H26N4O4. The largest absolute Gasteiger partial charge is 0.508 e. The Bertz CT molecular complexity index is 873. The van der Waals surface area contributed by atoms with Gasteiger partial charge in [0.1, 0.15) is 5.75 Å². The van der Waals surface area contributed by atoms with Crippen molar-refractivity contribution in [3.05, 3.63) is 53.7 Å². The summed E-state index contributed by atoms with van der Waals surface area (Å²) in [5.41, 5.74) is 1.44. The molecule has 3 amide bonds. The number of pyridine rings is 1. The molecule has 1 aromatic carbocycles. The van der Waals surface area contributed by atoms with Gasteiger partial charge < -0.3 is 25.0 Å². The molecule has 0 radical (unpaired) electrons. The van der Waals surface area contributed by atoms with Crippen LogP contribution in [0.1, 0.15) is 28.8 Å². The maximum Gasteiger partial charge on any atom is 0.317 e. The second-order valence-corrected chi connectivity index (χ2v) is 7.74. The number of nitrogens with zero attached hydrogens (tertiary/aromatic N) is 3. The van der Waals surface area contributed by atoms with Crippen LogP contribution in [0.3, 0.4) is 0 Å². The second-order valence-electron chi connectivity index (χ2n) is 7.74. The van der Waals surface area contributed by atoms with Crippen molar-refractivity contribution in [3.63, 3.8) is 0 Å². The topological polar surface area (TPSA) is 95.0 Å². The van der Waals surface area contributed by atoms with Crippen LogP contribution >= 0.6 is 0 Å². The van der Waals surface area contributed by atoms with Gasteiger partial charge in [-0.1, -0.05) is 6.07 Å². The number of aromatic nitrogens is 1. The van der Waals surface area contributed by atoms with Crippen LogP contribution in [0.5, 0.6) is 11.6 Å². The maximum absolute atomic E-state index is 12.5. The van der Waals surface area contributed by atoms with Crippen LogP contribution in [-0.2, 0) is 6.54 Å². The molecule has 4 rings (SSSR count). The van der Waals surface area contributed by atoms with E-state index in [4.69, 9.17) is 4.74 Å². The molecule has 1 aromatic heterocycles. The van der Waals surface area contributed by atoms with E-state index >= 15 is 0 Å².